The summed E-state index contributed by atoms with van der Waals surface area (Å²) in [4.78, 5) is 4.65. The van der Waals surface area contributed by atoms with Crippen molar-refractivity contribution in [1.29, 1.82) is 0 Å². The monoisotopic (exact) mass is 285 g/mol. The molecule has 2 N–H and O–H groups in total. The van der Waals surface area contributed by atoms with E-state index in [1.807, 2.05) is 0 Å². The van der Waals surface area contributed by atoms with Crippen molar-refractivity contribution in [2.24, 2.45) is 0 Å². The van der Waals surface area contributed by atoms with E-state index < -0.39 is 5.82 Å². The zero-order valence-electron chi connectivity index (χ0n) is 11.5. The van der Waals surface area contributed by atoms with Gasteiger partial charge in [0, 0.05) is 38.3 Å². The summed E-state index contributed by atoms with van der Waals surface area (Å²) < 4.78 is 13.3. The lowest BCUT2D eigenvalue weighted by atomic mass is 10.1. The smallest absolute Gasteiger partial charge is 0.143 e. The van der Waals surface area contributed by atoms with Gasteiger partial charge in [-0.3, -0.25) is 4.90 Å². The van der Waals surface area contributed by atoms with Gasteiger partial charge in [-0.15, -0.1) is 0 Å². The molecule has 1 fully saturated rings. The Morgan fingerprint density at radius 1 is 1.32 bits per heavy atom. The van der Waals surface area contributed by atoms with Crippen LogP contribution in [0.4, 0.5) is 15.8 Å². The molecule has 0 radical (unpaired) electrons. The summed E-state index contributed by atoms with van der Waals surface area (Å²) in [6.45, 7) is 8.26. The van der Waals surface area contributed by atoms with Crippen LogP contribution in [-0.4, -0.2) is 37.1 Å². The molecular formula is C14H21ClFN3. The first kappa shape index (κ1) is 14.4. The molecule has 0 aliphatic carbocycles. The van der Waals surface area contributed by atoms with Crippen molar-refractivity contribution in [3.05, 3.63) is 23.0 Å². The minimum absolute atomic E-state index is 0.133. The van der Waals surface area contributed by atoms with Crippen molar-refractivity contribution in [3.8, 4) is 0 Å². The molecule has 2 rings (SSSR count). The lowest BCUT2D eigenvalue weighted by molar-refractivity contribution is 0.193. The average molecular weight is 286 g/mol. The van der Waals surface area contributed by atoms with Crippen LogP contribution in [0.3, 0.4) is 0 Å². The highest BCUT2D eigenvalue weighted by Crippen LogP contribution is 2.30. The fourth-order valence-electron chi connectivity index (χ4n) is 2.49. The summed E-state index contributed by atoms with van der Waals surface area (Å²) in [5, 5.41) is 0.133. The van der Waals surface area contributed by atoms with Crippen LogP contribution in [0.15, 0.2) is 12.1 Å². The zero-order valence-corrected chi connectivity index (χ0v) is 12.3. The number of piperazine rings is 1. The largest absolute Gasteiger partial charge is 0.397 e. The maximum atomic E-state index is 13.3. The van der Waals surface area contributed by atoms with Crippen LogP contribution < -0.4 is 10.6 Å². The predicted molar refractivity (Wildman–Crippen MR) is 79.4 cm³/mol. The number of nitrogens with zero attached hydrogens (tertiary/aromatic N) is 2. The van der Waals surface area contributed by atoms with Crippen LogP contribution in [0.5, 0.6) is 0 Å². The molecule has 0 amide bonds. The van der Waals surface area contributed by atoms with Crippen LogP contribution in [0.1, 0.15) is 20.3 Å². The van der Waals surface area contributed by atoms with E-state index in [-0.39, 0.29) is 5.02 Å². The van der Waals surface area contributed by atoms with Gasteiger partial charge in [0.25, 0.3) is 0 Å². The van der Waals surface area contributed by atoms with Gasteiger partial charge < -0.3 is 10.6 Å². The molecule has 1 aromatic rings. The highest BCUT2D eigenvalue weighted by Gasteiger charge is 2.22. The number of nitrogens with two attached hydrogens (primary N) is 1. The first-order chi connectivity index (χ1) is 9.02. The van der Waals surface area contributed by atoms with E-state index in [0.717, 1.165) is 38.3 Å². The Morgan fingerprint density at radius 2 is 1.95 bits per heavy atom. The molecule has 5 heteroatoms. The molecule has 1 atom stereocenters. The van der Waals surface area contributed by atoms with E-state index in [9.17, 15) is 4.39 Å². The molecule has 1 unspecified atom stereocenters. The lowest BCUT2D eigenvalue weighted by Gasteiger charge is -2.39. The molecule has 1 saturated heterocycles. The minimum Gasteiger partial charge on any atom is -0.397 e. The number of hydrogen-bond acceptors (Lipinski definition) is 3. The minimum atomic E-state index is -0.457. The molecule has 0 aromatic heterocycles. The normalized spacial score (nSPS) is 18.6. The Hall–Kier alpha value is -1.00. The van der Waals surface area contributed by atoms with Crippen molar-refractivity contribution in [2.75, 3.05) is 36.8 Å². The van der Waals surface area contributed by atoms with Crippen molar-refractivity contribution in [3.63, 3.8) is 0 Å². The van der Waals surface area contributed by atoms with Crippen LogP contribution in [0.25, 0.3) is 0 Å². The topological polar surface area (TPSA) is 32.5 Å². The molecule has 0 spiro atoms. The number of anilines is 2. The number of halogens is 2. The molecule has 106 valence electrons. The summed E-state index contributed by atoms with van der Waals surface area (Å²) in [6.07, 6.45) is 1.16. The first-order valence-electron chi connectivity index (χ1n) is 6.76. The Kier molecular flexibility index (Phi) is 4.53. The number of rotatable bonds is 3. The van der Waals surface area contributed by atoms with E-state index in [4.69, 9.17) is 17.3 Å². The van der Waals surface area contributed by atoms with Gasteiger partial charge in [0.2, 0.25) is 0 Å². The molecule has 1 aliphatic heterocycles. The van der Waals surface area contributed by atoms with E-state index in [2.05, 4.69) is 23.6 Å². The Morgan fingerprint density at radius 3 is 2.53 bits per heavy atom. The summed E-state index contributed by atoms with van der Waals surface area (Å²) in [5.74, 6) is -0.457. The van der Waals surface area contributed by atoms with Gasteiger partial charge in [0.15, 0.2) is 0 Å². The number of benzene rings is 1. The van der Waals surface area contributed by atoms with Gasteiger partial charge >= 0.3 is 0 Å². The second kappa shape index (κ2) is 5.97. The Balaban J connectivity index is 2.07. The van der Waals surface area contributed by atoms with Crippen LogP contribution in [0, 0.1) is 5.82 Å². The first-order valence-corrected chi connectivity index (χ1v) is 7.14. The predicted octanol–water partition coefficient (Wildman–Crippen LogP) is 2.98. The van der Waals surface area contributed by atoms with Crippen LogP contribution >= 0.6 is 11.6 Å². The average Bonchev–Trinajstić information content (AvgIpc) is 2.42. The molecule has 0 saturated carbocycles. The zero-order chi connectivity index (χ0) is 14.0. The van der Waals surface area contributed by atoms with Gasteiger partial charge in [-0.1, -0.05) is 18.5 Å². The van der Waals surface area contributed by atoms with Gasteiger partial charge in [-0.2, -0.15) is 0 Å². The number of hydrogen-bond donors (Lipinski definition) is 1. The van der Waals surface area contributed by atoms with Crippen LogP contribution in [-0.2, 0) is 0 Å². The molecule has 1 aliphatic rings. The highest BCUT2D eigenvalue weighted by molar-refractivity contribution is 6.31. The maximum absolute atomic E-state index is 13.3. The van der Waals surface area contributed by atoms with Gasteiger partial charge in [0.1, 0.15) is 5.82 Å². The fraction of sp³-hybridized carbons (Fsp3) is 0.571. The van der Waals surface area contributed by atoms with Gasteiger partial charge in [0.05, 0.1) is 16.4 Å². The standard InChI is InChI=1S/C14H21ClFN3/c1-3-10(2)18-4-6-19(7-5-18)14-8-11(15)12(16)9-13(14)17/h8-10H,3-7,17H2,1-2H3. The second-order valence-corrected chi connectivity index (χ2v) is 5.51. The third kappa shape index (κ3) is 3.12. The SMILES string of the molecule is CCC(C)N1CCN(c2cc(Cl)c(F)cc2N)CC1. The molecule has 19 heavy (non-hydrogen) atoms. The quantitative estimate of drug-likeness (QED) is 0.867. The molecule has 3 nitrogen and oxygen atoms in total. The Bertz CT molecular complexity index is 445. The van der Waals surface area contributed by atoms with Gasteiger partial charge in [-0.25, -0.2) is 4.39 Å². The summed E-state index contributed by atoms with van der Waals surface area (Å²) in [5.41, 5.74) is 7.19. The summed E-state index contributed by atoms with van der Waals surface area (Å²) in [7, 11) is 0. The van der Waals surface area contributed by atoms with Crippen molar-refractivity contribution < 1.29 is 4.39 Å². The Labute approximate surface area is 119 Å². The van der Waals surface area contributed by atoms with Gasteiger partial charge in [-0.05, 0) is 19.4 Å². The maximum Gasteiger partial charge on any atom is 0.143 e. The fourth-order valence-corrected chi connectivity index (χ4v) is 2.65. The third-order valence-corrected chi connectivity index (χ3v) is 4.23. The lowest BCUT2D eigenvalue weighted by Crippen LogP contribution is -2.49. The van der Waals surface area contributed by atoms with E-state index in [0.29, 0.717) is 11.7 Å². The molecule has 0 bridgehead atoms. The van der Waals surface area contributed by atoms with Crippen molar-refractivity contribution in [1.82, 2.24) is 4.90 Å². The van der Waals surface area contributed by atoms with Crippen molar-refractivity contribution >= 4 is 23.0 Å². The summed E-state index contributed by atoms with van der Waals surface area (Å²) >= 11 is 5.84. The van der Waals surface area contributed by atoms with Crippen LogP contribution in [0.2, 0.25) is 5.02 Å². The van der Waals surface area contributed by atoms with Crippen molar-refractivity contribution in [2.45, 2.75) is 26.3 Å². The molecule has 1 aromatic carbocycles. The number of nitrogen functional groups attached to an aromatic ring is 1. The van der Waals surface area contributed by atoms with E-state index >= 15 is 0 Å². The second-order valence-electron chi connectivity index (χ2n) is 5.11. The summed E-state index contributed by atoms with van der Waals surface area (Å²) in [6, 6.07) is 3.54. The highest BCUT2D eigenvalue weighted by atomic mass is 35.5. The molecular weight excluding hydrogens is 265 g/mol. The van der Waals surface area contributed by atoms with E-state index in [1.54, 1.807) is 6.07 Å². The van der Waals surface area contributed by atoms with E-state index in [1.165, 1.54) is 6.07 Å². The molecule has 1 heterocycles. The third-order valence-electron chi connectivity index (χ3n) is 3.94.